The Morgan fingerprint density at radius 2 is 2.14 bits per heavy atom. The molecule has 3 nitrogen and oxygen atoms in total. The predicted octanol–water partition coefficient (Wildman–Crippen LogP) is 3.09. The van der Waals surface area contributed by atoms with Gasteiger partial charge in [-0.15, -0.1) is 0 Å². The number of alkyl halides is 3. The van der Waals surface area contributed by atoms with E-state index in [2.05, 4.69) is 0 Å². The van der Waals surface area contributed by atoms with Crippen LogP contribution in [0.5, 0.6) is 0 Å². The van der Waals surface area contributed by atoms with E-state index in [9.17, 15) is 22.8 Å². The van der Waals surface area contributed by atoms with Gasteiger partial charge in [-0.25, -0.2) is 0 Å². The Kier molecular flexibility index (Phi) is 4.61. The van der Waals surface area contributed by atoms with Gasteiger partial charge in [0.2, 0.25) is 5.91 Å². The molecule has 1 aromatic carbocycles. The minimum absolute atomic E-state index is 0.0614. The van der Waals surface area contributed by atoms with E-state index >= 15 is 0 Å². The van der Waals surface area contributed by atoms with E-state index in [-0.39, 0.29) is 29.2 Å². The minimum atomic E-state index is -4.39. The van der Waals surface area contributed by atoms with Gasteiger partial charge < -0.3 is 4.90 Å². The van der Waals surface area contributed by atoms with E-state index < -0.39 is 11.7 Å². The van der Waals surface area contributed by atoms with Gasteiger partial charge in [0.1, 0.15) is 0 Å². The van der Waals surface area contributed by atoms with Crippen LogP contribution in [-0.2, 0) is 22.3 Å². The molecule has 0 radical (unpaired) electrons. The smallest absolute Gasteiger partial charge is 0.337 e. The Balaban J connectivity index is 2.05. The SMILES string of the molecule is CC(=O)SC1CC(=O)N(Cc2cccc(C(F)(F)F)c2)C1. The van der Waals surface area contributed by atoms with E-state index in [1.165, 1.54) is 17.9 Å². The first-order chi connectivity index (χ1) is 9.75. The molecule has 2 rings (SSSR count). The van der Waals surface area contributed by atoms with Gasteiger partial charge in [0, 0.05) is 31.7 Å². The second kappa shape index (κ2) is 6.09. The van der Waals surface area contributed by atoms with Crippen LogP contribution < -0.4 is 0 Å². The van der Waals surface area contributed by atoms with Crippen LogP contribution in [0.25, 0.3) is 0 Å². The van der Waals surface area contributed by atoms with Crippen molar-refractivity contribution >= 4 is 22.8 Å². The molecule has 0 aliphatic carbocycles. The lowest BCUT2D eigenvalue weighted by molar-refractivity contribution is -0.137. The van der Waals surface area contributed by atoms with Crippen molar-refractivity contribution in [2.24, 2.45) is 0 Å². The summed E-state index contributed by atoms with van der Waals surface area (Å²) in [6.07, 6.45) is -4.14. The molecule has 21 heavy (non-hydrogen) atoms. The summed E-state index contributed by atoms with van der Waals surface area (Å²) in [6, 6.07) is 4.96. The van der Waals surface area contributed by atoms with Crippen molar-refractivity contribution in [3.63, 3.8) is 0 Å². The number of nitrogens with zero attached hydrogens (tertiary/aromatic N) is 1. The maximum Gasteiger partial charge on any atom is 0.416 e. The van der Waals surface area contributed by atoms with Gasteiger partial charge in [-0.3, -0.25) is 9.59 Å². The number of amides is 1. The normalized spacial score (nSPS) is 19.1. The number of benzene rings is 1. The summed E-state index contributed by atoms with van der Waals surface area (Å²) in [5, 5.41) is -0.172. The molecule has 0 bridgehead atoms. The maximum atomic E-state index is 12.6. The zero-order valence-corrected chi connectivity index (χ0v) is 12.1. The number of rotatable bonds is 3. The van der Waals surface area contributed by atoms with E-state index in [1.807, 2.05) is 0 Å². The Bertz CT molecular complexity index is 559. The van der Waals surface area contributed by atoms with Crippen molar-refractivity contribution in [1.29, 1.82) is 0 Å². The summed E-state index contributed by atoms with van der Waals surface area (Å²) in [5.41, 5.74) is -0.284. The van der Waals surface area contributed by atoms with Gasteiger partial charge >= 0.3 is 6.18 Å². The highest BCUT2D eigenvalue weighted by Crippen LogP contribution is 2.30. The summed E-state index contributed by atoms with van der Waals surface area (Å²) in [6.45, 7) is 1.96. The second-order valence-electron chi connectivity index (χ2n) is 4.91. The molecule has 1 amide bonds. The minimum Gasteiger partial charge on any atom is -0.337 e. The number of hydrogen-bond donors (Lipinski definition) is 0. The fourth-order valence-corrected chi connectivity index (χ4v) is 3.22. The topological polar surface area (TPSA) is 37.4 Å². The van der Waals surface area contributed by atoms with Crippen molar-refractivity contribution in [2.45, 2.75) is 31.3 Å². The number of carbonyl (C=O) groups is 2. The molecule has 1 saturated heterocycles. The first kappa shape index (κ1) is 15.9. The summed E-state index contributed by atoms with van der Waals surface area (Å²) < 4.78 is 37.9. The quantitative estimate of drug-likeness (QED) is 0.860. The Morgan fingerprint density at radius 1 is 1.43 bits per heavy atom. The van der Waals surface area contributed by atoms with Crippen LogP contribution in [0.15, 0.2) is 24.3 Å². The number of hydrogen-bond acceptors (Lipinski definition) is 3. The number of thioether (sulfide) groups is 1. The Morgan fingerprint density at radius 3 is 2.76 bits per heavy atom. The van der Waals surface area contributed by atoms with Gasteiger partial charge in [-0.1, -0.05) is 23.9 Å². The zero-order valence-electron chi connectivity index (χ0n) is 11.3. The molecule has 0 saturated carbocycles. The van der Waals surface area contributed by atoms with Gasteiger partial charge in [-0.05, 0) is 17.7 Å². The highest BCUT2D eigenvalue weighted by atomic mass is 32.2. The van der Waals surface area contributed by atoms with Crippen molar-refractivity contribution < 1.29 is 22.8 Å². The van der Waals surface area contributed by atoms with Gasteiger partial charge in [0.25, 0.3) is 0 Å². The zero-order chi connectivity index (χ0) is 15.6. The van der Waals surface area contributed by atoms with Crippen LogP contribution in [-0.4, -0.2) is 27.7 Å². The Labute approximate surface area is 124 Å². The van der Waals surface area contributed by atoms with E-state index in [1.54, 1.807) is 6.07 Å². The largest absolute Gasteiger partial charge is 0.416 e. The Hall–Kier alpha value is -1.50. The highest BCUT2D eigenvalue weighted by molar-refractivity contribution is 8.14. The van der Waals surface area contributed by atoms with Crippen LogP contribution in [0.3, 0.4) is 0 Å². The molecule has 114 valence electrons. The average Bonchev–Trinajstić information content (AvgIpc) is 2.68. The van der Waals surface area contributed by atoms with Crippen molar-refractivity contribution in [3.05, 3.63) is 35.4 Å². The number of carbonyl (C=O) groups excluding carboxylic acids is 2. The molecular weight excluding hydrogens is 303 g/mol. The summed E-state index contributed by atoms with van der Waals surface area (Å²) in [5.74, 6) is -0.133. The molecule has 1 aliphatic rings. The molecule has 1 aliphatic heterocycles. The van der Waals surface area contributed by atoms with Crippen LogP contribution >= 0.6 is 11.8 Å². The maximum absolute atomic E-state index is 12.6. The molecule has 7 heteroatoms. The summed E-state index contributed by atoms with van der Waals surface area (Å²) >= 11 is 1.11. The molecule has 0 spiro atoms. The van der Waals surface area contributed by atoms with E-state index in [4.69, 9.17) is 0 Å². The molecule has 1 fully saturated rings. The summed E-state index contributed by atoms with van der Waals surface area (Å²) in [7, 11) is 0. The first-order valence-corrected chi connectivity index (χ1v) is 7.25. The van der Waals surface area contributed by atoms with Gasteiger partial charge in [0.05, 0.1) is 5.56 Å². The standard InChI is InChI=1S/C14H14F3NO2S/c1-9(19)21-12-6-13(20)18(8-12)7-10-3-2-4-11(5-10)14(15,16)17/h2-5,12H,6-8H2,1H3. The van der Waals surface area contributed by atoms with E-state index in [0.717, 1.165) is 23.9 Å². The number of likely N-dealkylation sites (tertiary alicyclic amines) is 1. The monoisotopic (exact) mass is 317 g/mol. The van der Waals surface area contributed by atoms with Crippen molar-refractivity contribution in [2.75, 3.05) is 6.54 Å². The third kappa shape index (κ3) is 4.23. The average molecular weight is 317 g/mol. The molecule has 1 aromatic rings. The van der Waals surface area contributed by atoms with E-state index in [0.29, 0.717) is 12.1 Å². The fraction of sp³-hybridized carbons (Fsp3) is 0.429. The third-order valence-corrected chi connectivity index (χ3v) is 4.12. The van der Waals surface area contributed by atoms with Crippen LogP contribution in [0, 0.1) is 0 Å². The van der Waals surface area contributed by atoms with Crippen molar-refractivity contribution in [1.82, 2.24) is 4.90 Å². The molecule has 0 N–H and O–H groups in total. The lowest BCUT2D eigenvalue weighted by Crippen LogP contribution is -2.25. The lowest BCUT2D eigenvalue weighted by atomic mass is 10.1. The molecular formula is C14H14F3NO2S. The lowest BCUT2D eigenvalue weighted by Gasteiger charge is -2.17. The first-order valence-electron chi connectivity index (χ1n) is 6.37. The van der Waals surface area contributed by atoms with Crippen LogP contribution in [0.1, 0.15) is 24.5 Å². The van der Waals surface area contributed by atoms with Crippen LogP contribution in [0.2, 0.25) is 0 Å². The van der Waals surface area contributed by atoms with Gasteiger partial charge in [0.15, 0.2) is 5.12 Å². The molecule has 1 atom stereocenters. The second-order valence-corrected chi connectivity index (χ2v) is 6.39. The fourth-order valence-electron chi connectivity index (χ4n) is 2.27. The highest BCUT2D eigenvalue weighted by Gasteiger charge is 2.32. The third-order valence-electron chi connectivity index (χ3n) is 3.14. The van der Waals surface area contributed by atoms with Crippen molar-refractivity contribution in [3.8, 4) is 0 Å². The van der Waals surface area contributed by atoms with Crippen LogP contribution in [0.4, 0.5) is 13.2 Å². The molecule has 1 heterocycles. The predicted molar refractivity (Wildman–Crippen MR) is 73.5 cm³/mol. The molecule has 0 aromatic heterocycles. The van der Waals surface area contributed by atoms with Gasteiger partial charge in [-0.2, -0.15) is 13.2 Å². The summed E-state index contributed by atoms with van der Waals surface area (Å²) in [4.78, 5) is 24.4. The number of halogens is 3. The molecule has 1 unspecified atom stereocenters.